The highest BCUT2D eigenvalue weighted by Crippen LogP contribution is 2.26. The van der Waals surface area contributed by atoms with E-state index in [0.29, 0.717) is 24.3 Å². The van der Waals surface area contributed by atoms with E-state index in [-0.39, 0.29) is 25.2 Å². The van der Waals surface area contributed by atoms with E-state index in [1.165, 1.54) is 0 Å². The number of benzene rings is 2. The lowest BCUT2D eigenvalue weighted by Crippen LogP contribution is -2.51. The Kier molecular flexibility index (Phi) is 6.62. The summed E-state index contributed by atoms with van der Waals surface area (Å²) in [5.74, 6) is -0.145. The number of aliphatic hydroxyl groups excluding tert-OH is 1. The van der Waals surface area contributed by atoms with Gasteiger partial charge in [0.05, 0.1) is 12.6 Å². The van der Waals surface area contributed by atoms with Crippen molar-refractivity contribution in [1.82, 2.24) is 10.2 Å². The van der Waals surface area contributed by atoms with Gasteiger partial charge in [0.25, 0.3) is 0 Å². The Bertz CT molecular complexity index is 795. The van der Waals surface area contributed by atoms with Crippen molar-refractivity contribution >= 4 is 17.6 Å². The maximum atomic E-state index is 12.4. The summed E-state index contributed by atoms with van der Waals surface area (Å²) < 4.78 is 5.39. The molecule has 3 rings (SSSR count). The molecule has 2 unspecified atom stereocenters. The smallest absolute Gasteiger partial charge is 0.319 e. The Morgan fingerprint density at radius 1 is 1.21 bits per heavy atom. The molecule has 1 heterocycles. The van der Waals surface area contributed by atoms with Gasteiger partial charge in [-0.15, -0.1) is 0 Å². The van der Waals surface area contributed by atoms with E-state index < -0.39 is 12.1 Å². The fraction of sp³-hybridized carbons (Fsp3) is 0.333. The molecule has 3 amide bonds. The van der Waals surface area contributed by atoms with Gasteiger partial charge in [0.1, 0.15) is 12.7 Å². The van der Waals surface area contributed by atoms with Crippen molar-refractivity contribution < 1.29 is 19.4 Å². The van der Waals surface area contributed by atoms with Crippen molar-refractivity contribution in [3.8, 4) is 0 Å². The first-order chi connectivity index (χ1) is 13.6. The largest absolute Gasteiger partial charge is 0.386 e. The van der Waals surface area contributed by atoms with Crippen LogP contribution in [0.3, 0.4) is 0 Å². The lowest BCUT2D eigenvalue weighted by atomic mass is 9.99. The Morgan fingerprint density at radius 2 is 1.93 bits per heavy atom. The number of nitrogens with zero attached hydrogens (tertiary/aromatic N) is 1. The average molecular weight is 383 g/mol. The molecule has 2 atom stereocenters. The summed E-state index contributed by atoms with van der Waals surface area (Å²) >= 11 is 0. The first-order valence-corrected chi connectivity index (χ1v) is 9.32. The highest BCUT2D eigenvalue weighted by Gasteiger charge is 2.34. The van der Waals surface area contributed by atoms with Crippen molar-refractivity contribution in [3.05, 3.63) is 65.7 Å². The van der Waals surface area contributed by atoms with Gasteiger partial charge in [0, 0.05) is 18.8 Å². The lowest BCUT2D eigenvalue weighted by molar-refractivity contribution is -0.155. The van der Waals surface area contributed by atoms with Crippen molar-refractivity contribution in [1.29, 1.82) is 0 Å². The van der Waals surface area contributed by atoms with Crippen LogP contribution in [-0.2, 0) is 16.1 Å². The van der Waals surface area contributed by atoms with Crippen LogP contribution in [0.25, 0.3) is 0 Å². The van der Waals surface area contributed by atoms with Crippen LogP contribution in [0.2, 0.25) is 0 Å². The third-order valence-electron chi connectivity index (χ3n) is 4.64. The standard InChI is InChI=1S/C21H25N3O4/c1-2-22-21(27)23-17-10-8-16(9-11-17)20(26)18-13-28-14-19(25)24(18)12-15-6-4-3-5-7-15/h3-11,18,20,26H,2,12-14H2,1H3,(H2,22,23,27). The van der Waals surface area contributed by atoms with Gasteiger partial charge in [-0.2, -0.15) is 0 Å². The number of nitrogens with one attached hydrogen (secondary N) is 2. The molecule has 0 radical (unpaired) electrons. The van der Waals surface area contributed by atoms with E-state index >= 15 is 0 Å². The first-order valence-electron chi connectivity index (χ1n) is 9.32. The summed E-state index contributed by atoms with van der Waals surface area (Å²) in [6.45, 7) is 3.08. The first kappa shape index (κ1) is 19.9. The van der Waals surface area contributed by atoms with Gasteiger partial charge in [-0.1, -0.05) is 42.5 Å². The number of rotatable bonds is 6. The number of urea groups is 1. The molecule has 1 aliphatic rings. The van der Waals surface area contributed by atoms with E-state index in [1.807, 2.05) is 37.3 Å². The summed E-state index contributed by atoms with van der Waals surface area (Å²) in [5.41, 5.74) is 2.28. The maximum Gasteiger partial charge on any atom is 0.319 e. The van der Waals surface area contributed by atoms with Gasteiger partial charge in [-0.3, -0.25) is 4.79 Å². The van der Waals surface area contributed by atoms with Crippen LogP contribution in [0, 0.1) is 0 Å². The predicted octanol–water partition coefficient (Wildman–Crippen LogP) is 2.29. The summed E-state index contributed by atoms with van der Waals surface area (Å²) in [7, 11) is 0. The van der Waals surface area contributed by atoms with Gasteiger partial charge in [-0.25, -0.2) is 4.79 Å². The Hall–Kier alpha value is -2.90. The second-order valence-electron chi connectivity index (χ2n) is 6.64. The fourth-order valence-corrected chi connectivity index (χ4v) is 3.19. The van der Waals surface area contributed by atoms with E-state index in [4.69, 9.17) is 4.74 Å². The highest BCUT2D eigenvalue weighted by atomic mass is 16.5. The van der Waals surface area contributed by atoms with Crippen molar-refractivity contribution in [2.75, 3.05) is 25.1 Å². The molecule has 28 heavy (non-hydrogen) atoms. The quantitative estimate of drug-likeness (QED) is 0.714. The number of hydrogen-bond donors (Lipinski definition) is 3. The van der Waals surface area contributed by atoms with Gasteiger partial charge < -0.3 is 25.4 Å². The summed E-state index contributed by atoms with van der Waals surface area (Å²) in [6, 6.07) is 15.8. The minimum absolute atomic E-state index is 0.0193. The number of carbonyl (C=O) groups is 2. The molecule has 0 aliphatic carbocycles. The van der Waals surface area contributed by atoms with Crippen LogP contribution < -0.4 is 10.6 Å². The van der Waals surface area contributed by atoms with Crippen LogP contribution >= 0.6 is 0 Å². The van der Waals surface area contributed by atoms with Crippen LogP contribution in [0.4, 0.5) is 10.5 Å². The number of anilines is 1. The Morgan fingerprint density at radius 3 is 2.61 bits per heavy atom. The molecular weight excluding hydrogens is 358 g/mol. The molecule has 7 nitrogen and oxygen atoms in total. The van der Waals surface area contributed by atoms with Crippen molar-refractivity contribution in [3.63, 3.8) is 0 Å². The molecule has 2 aromatic rings. The van der Waals surface area contributed by atoms with E-state index in [2.05, 4.69) is 10.6 Å². The SMILES string of the molecule is CCNC(=O)Nc1ccc(C(O)C2COCC(=O)N2Cc2ccccc2)cc1. The Balaban J connectivity index is 1.72. The summed E-state index contributed by atoms with van der Waals surface area (Å²) in [6.07, 6.45) is -0.897. The second-order valence-corrected chi connectivity index (χ2v) is 6.64. The molecular formula is C21H25N3O4. The van der Waals surface area contributed by atoms with E-state index in [0.717, 1.165) is 5.56 Å². The monoisotopic (exact) mass is 383 g/mol. The zero-order valence-electron chi connectivity index (χ0n) is 15.8. The molecule has 0 aromatic heterocycles. The van der Waals surface area contributed by atoms with E-state index in [1.54, 1.807) is 29.2 Å². The summed E-state index contributed by atoms with van der Waals surface area (Å²) in [5, 5.41) is 16.3. The topological polar surface area (TPSA) is 90.9 Å². The molecule has 7 heteroatoms. The molecule has 148 valence electrons. The van der Waals surface area contributed by atoms with Crippen molar-refractivity contribution in [2.24, 2.45) is 0 Å². The van der Waals surface area contributed by atoms with Crippen LogP contribution in [-0.4, -0.2) is 47.7 Å². The minimum Gasteiger partial charge on any atom is -0.386 e. The normalized spacial score (nSPS) is 17.9. The highest BCUT2D eigenvalue weighted by molar-refractivity contribution is 5.89. The molecule has 0 spiro atoms. The molecule has 1 saturated heterocycles. The number of amides is 3. The molecule has 0 saturated carbocycles. The van der Waals surface area contributed by atoms with Gasteiger partial charge >= 0.3 is 6.03 Å². The number of ether oxygens (including phenoxy) is 1. The average Bonchev–Trinajstić information content (AvgIpc) is 2.70. The molecule has 2 aromatic carbocycles. The van der Waals surface area contributed by atoms with Crippen LogP contribution in [0.15, 0.2) is 54.6 Å². The number of hydrogen-bond acceptors (Lipinski definition) is 4. The van der Waals surface area contributed by atoms with E-state index in [9.17, 15) is 14.7 Å². The molecule has 0 bridgehead atoms. The Labute approximate surface area is 164 Å². The molecule has 1 fully saturated rings. The third kappa shape index (κ3) is 4.88. The second kappa shape index (κ2) is 9.34. The lowest BCUT2D eigenvalue weighted by Gasteiger charge is -2.38. The molecule has 3 N–H and O–H groups in total. The van der Waals surface area contributed by atoms with Gasteiger partial charge in [0.2, 0.25) is 5.91 Å². The maximum absolute atomic E-state index is 12.4. The van der Waals surface area contributed by atoms with Gasteiger partial charge in [-0.05, 0) is 30.2 Å². The number of carbonyl (C=O) groups excluding carboxylic acids is 2. The third-order valence-corrected chi connectivity index (χ3v) is 4.64. The molecule has 1 aliphatic heterocycles. The number of aliphatic hydroxyl groups is 1. The van der Waals surface area contributed by atoms with Crippen molar-refractivity contribution in [2.45, 2.75) is 25.6 Å². The fourth-order valence-electron chi connectivity index (χ4n) is 3.19. The van der Waals surface area contributed by atoms with Crippen LogP contribution in [0.5, 0.6) is 0 Å². The zero-order chi connectivity index (χ0) is 19.9. The van der Waals surface area contributed by atoms with Crippen LogP contribution in [0.1, 0.15) is 24.2 Å². The predicted molar refractivity (Wildman–Crippen MR) is 106 cm³/mol. The minimum atomic E-state index is -0.897. The zero-order valence-corrected chi connectivity index (χ0v) is 15.8. The summed E-state index contributed by atoms with van der Waals surface area (Å²) in [4.78, 5) is 25.7. The number of morpholine rings is 1. The van der Waals surface area contributed by atoms with Gasteiger partial charge in [0.15, 0.2) is 0 Å².